The molecule has 8 atom stereocenters. The molecule has 0 aromatic heterocycles. The monoisotopic (exact) mass is 502 g/mol. The molecule has 0 N–H and O–H groups in total. The van der Waals surface area contributed by atoms with Crippen molar-refractivity contribution in [2.75, 3.05) is 12.4 Å². The van der Waals surface area contributed by atoms with Gasteiger partial charge < -0.3 is 4.74 Å². The van der Waals surface area contributed by atoms with E-state index in [2.05, 4.69) is 25.6 Å². The van der Waals surface area contributed by atoms with Gasteiger partial charge in [0.05, 0.1) is 12.7 Å². The van der Waals surface area contributed by atoms with Crippen LogP contribution in [0.15, 0.2) is 0 Å². The molecule has 0 spiro atoms. The van der Waals surface area contributed by atoms with Crippen molar-refractivity contribution in [1.82, 2.24) is 0 Å². The van der Waals surface area contributed by atoms with Crippen molar-refractivity contribution in [3.05, 3.63) is 0 Å². The van der Waals surface area contributed by atoms with Gasteiger partial charge in [-0.25, -0.2) is 0 Å². The normalized spacial score (nSPS) is 46.1. The zero-order valence-electron chi connectivity index (χ0n) is 23.4. The van der Waals surface area contributed by atoms with Crippen LogP contribution in [0.1, 0.15) is 136 Å². The molecule has 2 heteroatoms. The predicted molar refractivity (Wildman–Crippen MR) is 153 cm³/mol. The smallest absolute Gasteiger partial charge is 0.0609 e. The molecule has 4 saturated carbocycles. The van der Waals surface area contributed by atoms with E-state index in [4.69, 9.17) is 4.74 Å². The van der Waals surface area contributed by atoms with Crippen molar-refractivity contribution >= 4 is 11.8 Å². The van der Waals surface area contributed by atoms with Crippen LogP contribution in [0, 0.1) is 47.3 Å². The largest absolute Gasteiger partial charge is 0.378 e. The molecular weight excluding hydrogens is 444 g/mol. The SMILES string of the molecule is CCCC1CCC(C2COC3CCCCCCCC(C)C3C3C(CCC4CCCCC43)SC2)CC1. The predicted octanol–water partition coefficient (Wildman–Crippen LogP) is 9.92. The van der Waals surface area contributed by atoms with E-state index in [1.807, 2.05) is 0 Å². The molecule has 0 bridgehead atoms. The fourth-order valence-electron chi connectivity index (χ4n) is 9.76. The number of fused-ring (bicyclic) bond motifs is 5. The van der Waals surface area contributed by atoms with Crippen molar-refractivity contribution in [2.45, 2.75) is 147 Å². The lowest BCUT2D eigenvalue weighted by Crippen LogP contribution is -2.48. The molecule has 1 saturated heterocycles. The van der Waals surface area contributed by atoms with Crippen LogP contribution in [0.25, 0.3) is 0 Å². The van der Waals surface area contributed by atoms with E-state index in [0.717, 1.165) is 59.2 Å². The molecule has 0 amide bonds. The van der Waals surface area contributed by atoms with Gasteiger partial charge in [0.1, 0.15) is 0 Å². The van der Waals surface area contributed by atoms with Crippen LogP contribution in [-0.2, 0) is 4.74 Å². The molecule has 5 aliphatic rings. The van der Waals surface area contributed by atoms with Crippen LogP contribution in [0.4, 0.5) is 0 Å². The third-order valence-electron chi connectivity index (χ3n) is 11.7. The van der Waals surface area contributed by atoms with Crippen LogP contribution >= 0.6 is 11.8 Å². The molecule has 1 nitrogen and oxygen atoms in total. The Morgan fingerprint density at radius 2 is 1.37 bits per heavy atom. The highest BCUT2D eigenvalue weighted by Gasteiger charge is 2.49. The molecule has 4 aliphatic carbocycles. The number of thioether (sulfide) groups is 1. The minimum atomic E-state index is 0.550. The van der Waals surface area contributed by atoms with E-state index in [-0.39, 0.29) is 0 Å². The highest BCUT2D eigenvalue weighted by atomic mass is 32.2. The maximum absolute atomic E-state index is 7.22. The molecule has 1 aliphatic heterocycles. The molecule has 5 rings (SSSR count). The molecular formula is C33H58OS. The summed E-state index contributed by atoms with van der Waals surface area (Å²) in [5, 5.41) is 0.924. The Labute approximate surface area is 223 Å². The summed E-state index contributed by atoms with van der Waals surface area (Å²) in [5.41, 5.74) is 0. The van der Waals surface area contributed by atoms with Gasteiger partial charge in [-0.05, 0) is 91.6 Å². The average molecular weight is 503 g/mol. The zero-order chi connectivity index (χ0) is 24.0. The quantitative estimate of drug-likeness (QED) is 0.379. The van der Waals surface area contributed by atoms with E-state index in [0.29, 0.717) is 6.10 Å². The summed E-state index contributed by atoms with van der Waals surface area (Å²) in [7, 11) is 0. The minimum Gasteiger partial charge on any atom is -0.378 e. The van der Waals surface area contributed by atoms with Crippen molar-refractivity contribution in [3.8, 4) is 0 Å². The Balaban J connectivity index is 1.37. The summed E-state index contributed by atoms with van der Waals surface area (Å²) in [6.45, 7) is 6.11. The Bertz CT molecular complexity index is 612. The lowest BCUT2D eigenvalue weighted by atomic mass is 9.58. The second-order valence-corrected chi connectivity index (χ2v) is 15.1. The number of ether oxygens (including phenoxy) is 1. The molecule has 202 valence electrons. The average Bonchev–Trinajstić information content (AvgIpc) is 2.96. The Morgan fingerprint density at radius 3 is 2.20 bits per heavy atom. The fraction of sp³-hybridized carbons (Fsp3) is 1.00. The van der Waals surface area contributed by atoms with Crippen LogP contribution in [0.2, 0.25) is 0 Å². The summed E-state index contributed by atoms with van der Waals surface area (Å²) in [6, 6.07) is 0. The van der Waals surface area contributed by atoms with Gasteiger partial charge in [-0.1, -0.05) is 97.3 Å². The molecule has 1 heterocycles. The Hall–Kier alpha value is 0.310. The van der Waals surface area contributed by atoms with Crippen LogP contribution in [0.5, 0.6) is 0 Å². The van der Waals surface area contributed by atoms with Crippen molar-refractivity contribution in [2.24, 2.45) is 47.3 Å². The summed E-state index contributed by atoms with van der Waals surface area (Å²) in [5.74, 6) is 8.86. The van der Waals surface area contributed by atoms with E-state index < -0.39 is 0 Å². The molecule has 0 radical (unpaired) electrons. The van der Waals surface area contributed by atoms with Gasteiger partial charge in [0.25, 0.3) is 0 Å². The molecule has 0 aromatic rings. The molecule has 35 heavy (non-hydrogen) atoms. The lowest BCUT2D eigenvalue weighted by Gasteiger charge is -2.51. The van der Waals surface area contributed by atoms with Gasteiger partial charge in [0, 0.05) is 5.25 Å². The van der Waals surface area contributed by atoms with Gasteiger partial charge in [-0.15, -0.1) is 0 Å². The number of rotatable bonds is 3. The summed E-state index contributed by atoms with van der Waals surface area (Å²) >= 11 is 2.46. The third-order valence-corrected chi connectivity index (χ3v) is 13.3. The first kappa shape index (κ1) is 26.9. The zero-order valence-corrected chi connectivity index (χ0v) is 24.3. The second-order valence-electron chi connectivity index (χ2n) is 13.8. The molecule has 5 fully saturated rings. The van der Waals surface area contributed by atoms with Crippen molar-refractivity contribution in [3.63, 3.8) is 0 Å². The fourth-order valence-corrected chi connectivity index (χ4v) is 11.5. The van der Waals surface area contributed by atoms with Crippen LogP contribution < -0.4 is 0 Å². The van der Waals surface area contributed by atoms with Crippen molar-refractivity contribution < 1.29 is 4.74 Å². The van der Waals surface area contributed by atoms with E-state index in [1.165, 1.54) is 128 Å². The standard InChI is InChI=1S/C33H58OS/c1-3-11-25-16-18-26(19-17-25)28-22-34-30-15-8-6-4-5-7-12-24(2)32(30)33-29-14-10-9-13-27(29)20-21-31(33)35-23-28/h24-33H,3-23H2,1-2H3. The maximum Gasteiger partial charge on any atom is 0.0609 e. The van der Waals surface area contributed by atoms with Gasteiger partial charge in [0.15, 0.2) is 0 Å². The Kier molecular flexibility index (Phi) is 10.3. The summed E-state index contributed by atoms with van der Waals surface area (Å²) < 4.78 is 7.22. The molecule has 0 aromatic carbocycles. The molecule has 8 unspecified atom stereocenters. The lowest BCUT2D eigenvalue weighted by molar-refractivity contribution is -0.0770. The van der Waals surface area contributed by atoms with E-state index >= 15 is 0 Å². The van der Waals surface area contributed by atoms with Crippen LogP contribution in [0.3, 0.4) is 0 Å². The minimum absolute atomic E-state index is 0.550. The summed E-state index contributed by atoms with van der Waals surface area (Å²) in [4.78, 5) is 0. The highest BCUT2D eigenvalue weighted by Crippen LogP contribution is 2.54. The number of hydrogen-bond acceptors (Lipinski definition) is 2. The summed E-state index contributed by atoms with van der Waals surface area (Å²) in [6.07, 6.45) is 28.6. The first-order chi connectivity index (χ1) is 17.2. The topological polar surface area (TPSA) is 9.23 Å². The first-order valence-corrected chi connectivity index (χ1v) is 17.5. The third kappa shape index (κ3) is 6.66. The number of hydrogen-bond donors (Lipinski definition) is 0. The maximum atomic E-state index is 7.22. The van der Waals surface area contributed by atoms with Gasteiger partial charge >= 0.3 is 0 Å². The van der Waals surface area contributed by atoms with E-state index in [9.17, 15) is 0 Å². The van der Waals surface area contributed by atoms with Crippen LogP contribution in [-0.4, -0.2) is 23.7 Å². The van der Waals surface area contributed by atoms with Crippen molar-refractivity contribution in [1.29, 1.82) is 0 Å². The Morgan fingerprint density at radius 1 is 0.657 bits per heavy atom. The second kappa shape index (κ2) is 13.4. The first-order valence-electron chi connectivity index (χ1n) is 16.5. The van der Waals surface area contributed by atoms with Gasteiger partial charge in [-0.2, -0.15) is 11.8 Å². The van der Waals surface area contributed by atoms with E-state index in [1.54, 1.807) is 0 Å². The van der Waals surface area contributed by atoms with Gasteiger partial charge in [-0.3, -0.25) is 0 Å². The highest BCUT2D eigenvalue weighted by molar-refractivity contribution is 7.99. The van der Waals surface area contributed by atoms with Gasteiger partial charge in [0.2, 0.25) is 0 Å².